The number of carbonyl (C=O) groups excluding carboxylic acids is 1. The third kappa shape index (κ3) is 7.68. The number of rotatable bonds is 7. The van der Waals surface area contributed by atoms with Gasteiger partial charge < -0.3 is 29.4 Å². The maximum absolute atomic E-state index is 14.0. The first-order chi connectivity index (χ1) is 18.1. The second-order valence-electron chi connectivity index (χ2n) is 10.1. The zero-order valence-electron chi connectivity index (χ0n) is 22.9. The molecule has 1 aliphatic rings. The average Bonchev–Trinajstić information content (AvgIpc) is 3.33. The Morgan fingerprint density at radius 1 is 1.26 bits per heavy atom. The Labute approximate surface area is 225 Å². The van der Waals surface area contributed by atoms with Gasteiger partial charge in [0.1, 0.15) is 5.75 Å². The fourth-order valence-electron chi connectivity index (χ4n) is 4.41. The van der Waals surface area contributed by atoms with Crippen molar-refractivity contribution >= 4 is 21.6 Å². The molecule has 0 radical (unpaired) electrons. The van der Waals surface area contributed by atoms with Crippen molar-refractivity contribution < 1.29 is 27.8 Å². The molecule has 38 heavy (non-hydrogen) atoms. The molecular formula is C26H41N5O6S. The highest BCUT2D eigenvalue weighted by atomic mass is 32.2. The van der Waals surface area contributed by atoms with E-state index >= 15 is 0 Å². The second kappa shape index (κ2) is 13.4. The molecule has 0 saturated carbocycles. The minimum Gasteiger partial charge on any atom is -0.490 e. The number of nitrogens with zero attached hydrogens (tertiary/aromatic N) is 3. The van der Waals surface area contributed by atoms with Gasteiger partial charge >= 0.3 is 0 Å². The molecule has 2 heterocycles. The Kier molecular flexibility index (Phi) is 10.5. The molecule has 0 saturated heterocycles. The van der Waals surface area contributed by atoms with Crippen LogP contribution in [0.5, 0.6) is 5.75 Å². The van der Waals surface area contributed by atoms with E-state index in [1.54, 1.807) is 31.0 Å². The fourth-order valence-corrected chi connectivity index (χ4v) is 5.45. The molecule has 0 fully saturated rings. The number of fused-ring (bicyclic) bond motifs is 1. The van der Waals surface area contributed by atoms with Crippen LogP contribution in [0.2, 0.25) is 0 Å². The van der Waals surface area contributed by atoms with Gasteiger partial charge in [-0.1, -0.05) is 6.92 Å². The van der Waals surface area contributed by atoms with Crippen LogP contribution in [-0.2, 0) is 21.8 Å². The van der Waals surface area contributed by atoms with Crippen LogP contribution in [0.15, 0.2) is 35.7 Å². The van der Waals surface area contributed by atoms with E-state index < -0.39 is 16.1 Å². The van der Waals surface area contributed by atoms with E-state index in [1.165, 1.54) is 23.2 Å². The average molecular weight is 552 g/mol. The van der Waals surface area contributed by atoms with Gasteiger partial charge in [0, 0.05) is 44.5 Å². The van der Waals surface area contributed by atoms with Gasteiger partial charge in [-0.15, -0.1) is 0 Å². The van der Waals surface area contributed by atoms with Crippen LogP contribution >= 0.6 is 0 Å². The molecule has 12 heteroatoms. The zero-order chi connectivity index (χ0) is 27.9. The van der Waals surface area contributed by atoms with Crippen molar-refractivity contribution in [3.8, 4) is 5.75 Å². The number of hydrogen-bond acceptors (Lipinski definition) is 8. The molecule has 0 unspecified atom stereocenters. The Morgan fingerprint density at radius 2 is 2.03 bits per heavy atom. The highest BCUT2D eigenvalue weighted by Crippen LogP contribution is 2.29. The number of aromatic nitrogens is 2. The molecule has 1 aromatic carbocycles. The van der Waals surface area contributed by atoms with Gasteiger partial charge in [-0.05, 0) is 58.4 Å². The quantitative estimate of drug-likeness (QED) is 0.477. The van der Waals surface area contributed by atoms with Gasteiger partial charge in [0.05, 0.1) is 36.7 Å². The predicted molar refractivity (Wildman–Crippen MR) is 145 cm³/mol. The van der Waals surface area contributed by atoms with Crippen molar-refractivity contribution in [2.75, 3.05) is 38.1 Å². The van der Waals surface area contributed by atoms with Crippen molar-refractivity contribution in [1.82, 2.24) is 19.8 Å². The van der Waals surface area contributed by atoms with E-state index in [9.17, 15) is 18.3 Å². The number of benzene rings is 1. The Balaban J connectivity index is 2.02. The maximum atomic E-state index is 14.0. The molecule has 3 N–H and O–H groups in total. The smallest absolute Gasteiger partial charge is 0.280 e. The predicted octanol–water partition coefficient (Wildman–Crippen LogP) is 2.24. The third-order valence-corrected chi connectivity index (χ3v) is 7.93. The lowest BCUT2D eigenvalue weighted by Gasteiger charge is -2.34. The molecule has 0 bridgehead atoms. The van der Waals surface area contributed by atoms with Gasteiger partial charge in [0.25, 0.3) is 15.9 Å². The van der Waals surface area contributed by atoms with Crippen molar-refractivity contribution in [2.45, 2.75) is 63.3 Å². The lowest BCUT2D eigenvalue weighted by atomic mass is 10.0. The summed E-state index contributed by atoms with van der Waals surface area (Å²) in [7, 11) is -0.420. The number of ether oxygens (including phenoxy) is 2. The molecule has 4 atom stereocenters. The number of anilines is 1. The first-order valence-electron chi connectivity index (χ1n) is 13.0. The van der Waals surface area contributed by atoms with Gasteiger partial charge in [-0.3, -0.25) is 9.52 Å². The number of amides is 1. The summed E-state index contributed by atoms with van der Waals surface area (Å²) >= 11 is 0. The van der Waals surface area contributed by atoms with Gasteiger partial charge in [0.15, 0.2) is 5.03 Å². The van der Waals surface area contributed by atoms with Crippen LogP contribution in [0.25, 0.3) is 0 Å². The minimum absolute atomic E-state index is 0.0301. The Hall–Kier alpha value is -2.67. The standard InChI is InChI=1S/C26H41N5O6S/c1-18-14-31(19(2)16-32)26(33)22-12-21(29-38(34,35)25-15-30(5)17-28-25)9-10-23(22)37-20(3)8-6-7-11-36-24(18)13-27-4/h9-10,12,15,17-20,24,27,29,32H,6-8,11,13-14,16H2,1-5H3/t18-,19-,20-,24+/m0/s1. The number of hydrogen-bond donors (Lipinski definition) is 3. The summed E-state index contributed by atoms with van der Waals surface area (Å²) < 4.78 is 42.2. The lowest BCUT2D eigenvalue weighted by molar-refractivity contribution is -0.000450. The van der Waals surface area contributed by atoms with Crippen LogP contribution in [0.4, 0.5) is 5.69 Å². The molecule has 0 aliphatic carbocycles. The largest absolute Gasteiger partial charge is 0.490 e. The molecule has 1 aromatic heterocycles. The number of sulfonamides is 1. The normalized spacial score (nSPS) is 22.7. The summed E-state index contributed by atoms with van der Waals surface area (Å²) in [5.74, 6) is -0.0246. The van der Waals surface area contributed by atoms with E-state index in [2.05, 4.69) is 15.0 Å². The summed E-state index contributed by atoms with van der Waals surface area (Å²) in [4.78, 5) is 19.5. The Bertz CT molecular complexity index is 1170. The molecule has 3 rings (SSSR count). The van der Waals surface area contributed by atoms with Crippen LogP contribution in [0, 0.1) is 5.92 Å². The van der Waals surface area contributed by atoms with Crippen molar-refractivity contribution in [3.05, 3.63) is 36.3 Å². The number of aryl methyl sites for hydroxylation is 1. The minimum atomic E-state index is -3.96. The molecule has 2 aromatic rings. The monoisotopic (exact) mass is 551 g/mol. The number of imidazole rings is 1. The van der Waals surface area contributed by atoms with Crippen LogP contribution in [0.3, 0.4) is 0 Å². The number of aliphatic hydroxyl groups is 1. The van der Waals surface area contributed by atoms with E-state index in [1.807, 2.05) is 20.9 Å². The first-order valence-corrected chi connectivity index (χ1v) is 14.5. The molecule has 1 aliphatic heterocycles. The SMILES string of the molecule is CNC[C@H]1OCCCC[C@H](C)Oc2ccc(NS(=O)(=O)c3cn(C)cn3)cc2C(=O)N([C@@H](C)CO)C[C@@H]1C. The maximum Gasteiger partial charge on any atom is 0.280 e. The lowest BCUT2D eigenvalue weighted by Crippen LogP contribution is -2.47. The van der Waals surface area contributed by atoms with E-state index in [4.69, 9.17) is 9.47 Å². The first kappa shape index (κ1) is 29.9. The van der Waals surface area contributed by atoms with Crippen molar-refractivity contribution in [3.63, 3.8) is 0 Å². The molecule has 1 amide bonds. The third-order valence-electron chi connectivity index (χ3n) is 6.67. The Morgan fingerprint density at radius 3 is 2.68 bits per heavy atom. The molecule has 11 nitrogen and oxygen atoms in total. The van der Waals surface area contributed by atoms with Crippen LogP contribution in [-0.4, -0.2) is 85.5 Å². The molecular weight excluding hydrogens is 510 g/mol. The summed E-state index contributed by atoms with van der Waals surface area (Å²) in [6.45, 7) is 7.10. The molecule has 0 spiro atoms. The topological polar surface area (TPSA) is 135 Å². The second-order valence-corrected chi connectivity index (χ2v) is 11.7. The highest BCUT2D eigenvalue weighted by Gasteiger charge is 2.30. The van der Waals surface area contributed by atoms with Gasteiger partial charge in [-0.2, -0.15) is 8.42 Å². The zero-order valence-corrected chi connectivity index (χ0v) is 23.7. The number of likely N-dealkylation sites (N-methyl/N-ethyl adjacent to an activating group) is 1. The number of carbonyl (C=O) groups is 1. The van der Waals surface area contributed by atoms with Crippen LogP contribution < -0.4 is 14.8 Å². The van der Waals surface area contributed by atoms with E-state index in [0.717, 1.165) is 19.3 Å². The van der Waals surface area contributed by atoms with Gasteiger partial charge in [-0.25, -0.2) is 4.98 Å². The summed E-state index contributed by atoms with van der Waals surface area (Å²) in [5.41, 5.74) is 0.426. The summed E-state index contributed by atoms with van der Waals surface area (Å²) in [6.07, 6.45) is 5.07. The fraction of sp³-hybridized carbons (Fsp3) is 0.615. The number of aliphatic hydroxyl groups excluding tert-OH is 1. The number of nitrogens with one attached hydrogen (secondary N) is 2. The summed E-state index contributed by atoms with van der Waals surface area (Å²) in [5, 5.41) is 13.0. The van der Waals surface area contributed by atoms with E-state index in [0.29, 0.717) is 25.4 Å². The highest BCUT2D eigenvalue weighted by molar-refractivity contribution is 7.92. The summed E-state index contributed by atoms with van der Waals surface area (Å²) in [6, 6.07) is 4.19. The van der Waals surface area contributed by atoms with Crippen molar-refractivity contribution in [2.24, 2.45) is 13.0 Å². The van der Waals surface area contributed by atoms with Crippen molar-refractivity contribution in [1.29, 1.82) is 0 Å². The molecule has 212 valence electrons. The van der Waals surface area contributed by atoms with Crippen LogP contribution in [0.1, 0.15) is 50.4 Å². The van der Waals surface area contributed by atoms with Gasteiger partial charge in [0.2, 0.25) is 0 Å². The van der Waals surface area contributed by atoms with E-state index in [-0.39, 0.29) is 46.9 Å².